The van der Waals surface area contributed by atoms with Crippen LogP contribution in [0.25, 0.3) is 27.7 Å². The third-order valence-corrected chi connectivity index (χ3v) is 5.23. The molecule has 5 rings (SSSR count). The summed E-state index contributed by atoms with van der Waals surface area (Å²) >= 11 is 0. The smallest absolute Gasteiger partial charge is 0.254 e. The molecule has 27 heavy (non-hydrogen) atoms. The van der Waals surface area contributed by atoms with Crippen molar-refractivity contribution in [3.05, 3.63) is 41.5 Å². The first-order valence-electron chi connectivity index (χ1n) is 8.93. The Morgan fingerprint density at radius 3 is 2.93 bits per heavy atom. The molecule has 0 atom stereocenters. The molecule has 8 heteroatoms. The van der Waals surface area contributed by atoms with Gasteiger partial charge in [0.1, 0.15) is 5.56 Å². The van der Waals surface area contributed by atoms with Crippen molar-refractivity contribution in [1.82, 2.24) is 24.8 Å². The average Bonchev–Trinajstić information content (AvgIpc) is 3.14. The number of hydrogen-bond acceptors (Lipinski definition) is 5. The van der Waals surface area contributed by atoms with E-state index in [4.69, 9.17) is 11.5 Å². The number of nitrogens with two attached hydrogens (primary N) is 2. The van der Waals surface area contributed by atoms with Crippen LogP contribution in [0.3, 0.4) is 0 Å². The first-order chi connectivity index (χ1) is 13.0. The van der Waals surface area contributed by atoms with Gasteiger partial charge in [0.25, 0.3) is 5.91 Å². The predicted molar refractivity (Wildman–Crippen MR) is 102 cm³/mol. The summed E-state index contributed by atoms with van der Waals surface area (Å²) in [5.74, 6) is 0.745. The van der Waals surface area contributed by atoms with Gasteiger partial charge in [-0.1, -0.05) is 6.07 Å². The summed E-state index contributed by atoms with van der Waals surface area (Å²) in [4.78, 5) is 16.7. The maximum absolute atomic E-state index is 12.2. The highest BCUT2D eigenvalue weighted by molar-refractivity contribution is 6.09. The van der Waals surface area contributed by atoms with Crippen LogP contribution in [0, 0.1) is 12.8 Å². The van der Waals surface area contributed by atoms with Crippen LogP contribution in [0.15, 0.2) is 24.5 Å². The molecule has 0 unspecified atom stereocenters. The third-order valence-electron chi connectivity index (χ3n) is 5.23. The number of nitrogens with zero attached hydrogens (tertiary/aromatic N) is 4. The van der Waals surface area contributed by atoms with E-state index in [1.54, 1.807) is 10.7 Å². The van der Waals surface area contributed by atoms with Crippen LogP contribution in [0.4, 0.5) is 5.69 Å². The van der Waals surface area contributed by atoms with Gasteiger partial charge in [-0.3, -0.25) is 9.89 Å². The van der Waals surface area contributed by atoms with E-state index >= 15 is 0 Å². The lowest BCUT2D eigenvalue weighted by atomic mass is 9.95. The summed E-state index contributed by atoms with van der Waals surface area (Å²) in [6.07, 6.45) is 6.80. The molecule has 1 fully saturated rings. The van der Waals surface area contributed by atoms with Gasteiger partial charge in [-0.2, -0.15) is 10.2 Å². The maximum atomic E-state index is 12.2. The van der Waals surface area contributed by atoms with Gasteiger partial charge in [0, 0.05) is 23.6 Å². The Labute approximate surface area is 154 Å². The Morgan fingerprint density at radius 1 is 1.37 bits per heavy atom. The van der Waals surface area contributed by atoms with Crippen LogP contribution < -0.4 is 11.5 Å². The van der Waals surface area contributed by atoms with Gasteiger partial charge in [-0.15, -0.1) is 0 Å². The number of nitrogens with one attached hydrogen (secondary N) is 1. The van der Waals surface area contributed by atoms with E-state index in [1.807, 2.05) is 25.3 Å². The Balaban J connectivity index is 1.81. The molecule has 8 nitrogen and oxygen atoms in total. The fourth-order valence-electron chi connectivity index (χ4n) is 3.67. The monoisotopic (exact) mass is 361 g/mol. The molecule has 0 bridgehead atoms. The fourth-order valence-corrected chi connectivity index (χ4v) is 3.67. The zero-order valence-corrected chi connectivity index (χ0v) is 14.9. The van der Waals surface area contributed by atoms with Crippen molar-refractivity contribution in [3.63, 3.8) is 0 Å². The number of carbonyl (C=O) groups excluding carboxylic acids is 1. The summed E-state index contributed by atoms with van der Waals surface area (Å²) < 4.78 is 1.63. The molecule has 0 saturated heterocycles. The molecular formula is C19H19N7O. The Hall–Kier alpha value is -3.42. The molecule has 1 amide bonds. The minimum atomic E-state index is -0.609. The highest BCUT2D eigenvalue weighted by atomic mass is 16.1. The van der Waals surface area contributed by atoms with Crippen molar-refractivity contribution in [1.29, 1.82) is 0 Å². The van der Waals surface area contributed by atoms with E-state index < -0.39 is 5.91 Å². The molecule has 0 spiro atoms. The molecule has 3 heterocycles. The molecule has 1 aromatic carbocycles. The lowest BCUT2D eigenvalue weighted by Crippen LogP contribution is -2.16. The van der Waals surface area contributed by atoms with Crippen molar-refractivity contribution in [3.8, 4) is 11.1 Å². The molecule has 5 N–H and O–H groups in total. The first kappa shape index (κ1) is 15.8. The number of rotatable bonds is 4. The molecule has 1 aliphatic rings. The summed E-state index contributed by atoms with van der Waals surface area (Å²) in [5, 5.41) is 12.6. The second kappa shape index (κ2) is 5.54. The highest BCUT2D eigenvalue weighted by Crippen LogP contribution is 2.37. The second-order valence-electron chi connectivity index (χ2n) is 7.23. The summed E-state index contributed by atoms with van der Waals surface area (Å²) in [6, 6.07) is 3.96. The normalized spacial score (nSPS) is 14.3. The van der Waals surface area contributed by atoms with Gasteiger partial charge in [0.2, 0.25) is 0 Å². The number of hydrogen-bond donors (Lipinski definition) is 3. The third kappa shape index (κ3) is 2.44. The van der Waals surface area contributed by atoms with Crippen LogP contribution >= 0.6 is 0 Å². The van der Waals surface area contributed by atoms with E-state index in [1.165, 1.54) is 12.8 Å². The van der Waals surface area contributed by atoms with Gasteiger partial charge in [-0.05, 0) is 42.9 Å². The molecule has 3 aromatic heterocycles. The van der Waals surface area contributed by atoms with Crippen molar-refractivity contribution >= 4 is 28.1 Å². The minimum absolute atomic E-state index is 0.210. The Bertz CT molecular complexity index is 1220. The molecule has 136 valence electrons. The average molecular weight is 361 g/mol. The summed E-state index contributed by atoms with van der Waals surface area (Å²) in [6.45, 7) is 2.00. The Morgan fingerprint density at radius 2 is 2.19 bits per heavy atom. The number of primary amides is 1. The van der Waals surface area contributed by atoms with Crippen molar-refractivity contribution in [2.24, 2.45) is 11.7 Å². The lowest BCUT2D eigenvalue weighted by molar-refractivity contribution is 0.100. The quantitative estimate of drug-likeness (QED) is 0.513. The standard InChI is InChI=1S/C19H19N7O/c1-9-2-5-13-11(7-22-24-13)15(9)12-8-26-19(16(17(12)20)18(21)27)23-14(25-26)6-10-3-4-10/h2,5,7-8,10H,3-4,6,20H2,1H3,(H2,21,27)(H,22,24). The molecule has 0 radical (unpaired) electrons. The number of fused-ring (bicyclic) bond motifs is 2. The number of amides is 1. The number of carbonyl (C=O) groups is 1. The van der Waals surface area contributed by atoms with Crippen molar-refractivity contribution in [2.75, 3.05) is 5.73 Å². The topological polar surface area (TPSA) is 128 Å². The molecule has 0 aliphatic heterocycles. The first-order valence-corrected chi connectivity index (χ1v) is 8.93. The van der Waals surface area contributed by atoms with Gasteiger partial charge in [0.15, 0.2) is 11.5 Å². The van der Waals surface area contributed by atoms with Crippen LogP contribution in [0.1, 0.15) is 34.6 Å². The molecule has 1 aliphatic carbocycles. The number of aryl methyl sites for hydroxylation is 1. The highest BCUT2D eigenvalue weighted by Gasteiger charge is 2.26. The fraction of sp³-hybridized carbons (Fsp3) is 0.263. The number of benzene rings is 1. The SMILES string of the molecule is Cc1ccc2[nH]ncc2c1-c1cn2nc(CC3CC3)nc2c(C(N)=O)c1N. The van der Waals surface area contributed by atoms with Crippen molar-refractivity contribution in [2.45, 2.75) is 26.2 Å². The number of anilines is 1. The van der Waals surface area contributed by atoms with E-state index in [0.29, 0.717) is 22.8 Å². The molecule has 4 aromatic rings. The maximum Gasteiger partial charge on any atom is 0.254 e. The lowest BCUT2D eigenvalue weighted by Gasteiger charge is -2.13. The number of aromatic amines is 1. The van der Waals surface area contributed by atoms with Gasteiger partial charge < -0.3 is 11.5 Å². The number of pyridine rings is 1. The van der Waals surface area contributed by atoms with E-state index in [0.717, 1.165) is 34.3 Å². The van der Waals surface area contributed by atoms with Crippen molar-refractivity contribution < 1.29 is 4.79 Å². The zero-order chi connectivity index (χ0) is 18.7. The molecule has 1 saturated carbocycles. The second-order valence-corrected chi connectivity index (χ2v) is 7.23. The van der Waals surface area contributed by atoms with E-state index in [-0.39, 0.29) is 5.56 Å². The summed E-state index contributed by atoms with van der Waals surface area (Å²) in [7, 11) is 0. The van der Waals surface area contributed by atoms with Crippen LogP contribution in [-0.4, -0.2) is 30.7 Å². The van der Waals surface area contributed by atoms with Gasteiger partial charge >= 0.3 is 0 Å². The number of aromatic nitrogens is 5. The molecular weight excluding hydrogens is 342 g/mol. The minimum Gasteiger partial charge on any atom is -0.397 e. The largest absolute Gasteiger partial charge is 0.397 e. The zero-order valence-electron chi connectivity index (χ0n) is 14.9. The number of nitrogen functional groups attached to an aromatic ring is 1. The van der Waals surface area contributed by atoms with E-state index in [2.05, 4.69) is 20.3 Å². The van der Waals surface area contributed by atoms with Gasteiger partial charge in [0.05, 0.1) is 17.4 Å². The van der Waals surface area contributed by atoms with Crippen LogP contribution in [0.5, 0.6) is 0 Å². The predicted octanol–water partition coefficient (Wildman–Crippen LogP) is 2.21. The summed E-state index contributed by atoms with van der Waals surface area (Å²) in [5.41, 5.74) is 16.5. The van der Waals surface area contributed by atoms with Crippen LogP contribution in [-0.2, 0) is 6.42 Å². The van der Waals surface area contributed by atoms with Gasteiger partial charge in [-0.25, -0.2) is 9.50 Å². The van der Waals surface area contributed by atoms with Crippen LogP contribution in [0.2, 0.25) is 0 Å². The Kier molecular flexibility index (Phi) is 3.24. The van der Waals surface area contributed by atoms with E-state index in [9.17, 15) is 4.79 Å². The number of H-pyrrole nitrogens is 1.